The molecule has 16 heavy (non-hydrogen) atoms. The van der Waals surface area contributed by atoms with Gasteiger partial charge in [-0.15, -0.1) is 0 Å². The predicted octanol–water partition coefficient (Wildman–Crippen LogP) is 1.42. The number of rotatable bonds is 1. The van der Waals surface area contributed by atoms with Gasteiger partial charge in [0, 0.05) is 25.5 Å². The first kappa shape index (κ1) is 13.1. The van der Waals surface area contributed by atoms with Crippen molar-refractivity contribution in [2.24, 2.45) is 0 Å². The average Bonchev–Trinajstić information content (AvgIpc) is 2.37. The minimum Gasteiger partial charge on any atom is -0.382 e. The van der Waals surface area contributed by atoms with E-state index >= 15 is 0 Å². The van der Waals surface area contributed by atoms with Crippen molar-refractivity contribution in [2.75, 3.05) is 20.1 Å². The minimum atomic E-state index is -0.812. The van der Waals surface area contributed by atoms with Crippen molar-refractivity contribution in [3.05, 3.63) is 24.3 Å². The Morgan fingerprint density at radius 2 is 1.69 bits per heavy atom. The highest BCUT2D eigenvalue weighted by molar-refractivity contribution is 5.03. The van der Waals surface area contributed by atoms with Crippen molar-refractivity contribution in [1.29, 1.82) is 0 Å². The molecule has 0 aliphatic carbocycles. The number of nitrogens with zero attached hydrogens (tertiary/aromatic N) is 3. The lowest BCUT2D eigenvalue weighted by Crippen LogP contribution is -2.41. The first-order valence-corrected chi connectivity index (χ1v) is 5.89. The van der Waals surface area contributed by atoms with E-state index in [0.717, 1.165) is 13.1 Å². The van der Waals surface area contributed by atoms with Crippen molar-refractivity contribution in [2.45, 2.75) is 32.3 Å². The molecule has 4 heteroatoms. The summed E-state index contributed by atoms with van der Waals surface area (Å²) in [5.41, 5.74) is -0.812. The van der Waals surface area contributed by atoms with E-state index in [1.807, 2.05) is 13.8 Å². The van der Waals surface area contributed by atoms with E-state index in [9.17, 15) is 5.11 Å². The summed E-state index contributed by atoms with van der Waals surface area (Å²) in [5.74, 6) is 0.563. The van der Waals surface area contributed by atoms with E-state index < -0.39 is 5.60 Å². The second-order valence-corrected chi connectivity index (χ2v) is 3.91. The lowest BCUT2D eigenvalue weighted by Gasteiger charge is -2.35. The Bertz CT molecular complexity index is 294. The van der Waals surface area contributed by atoms with E-state index in [4.69, 9.17) is 0 Å². The van der Waals surface area contributed by atoms with Crippen LogP contribution in [-0.4, -0.2) is 40.1 Å². The van der Waals surface area contributed by atoms with Crippen LogP contribution in [0.4, 0.5) is 0 Å². The van der Waals surface area contributed by atoms with Gasteiger partial charge in [-0.2, -0.15) is 0 Å². The van der Waals surface area contributed by atoms with Crippen molar-refractivity contribution in [3.8, 4) is 0 Å². The molecule has 0 spiro atoms. The van der Waals surface area contributed by atoms with Crippen molar-refractivity contribution >= 4 is 0 Å². The summed E-state index contributed by atoms with van der Waals surface area (Å²) < 4.78 is 0. The number of aromatic nitrogens is 2. The maximum absolute atomic E-state index is 10.3. The molecule has 1 aromatic heterocycles. The first-order chi connectivity index (χ1) is 7.71. The Morgan fingerprint density at radius 3 is 2.19 bits per heavy atom. The van der Waals surface area contributed by atoms with Gasteiger partial charge < -0.3 is 10.0 Å². The molecule has 2 heterocycles. The number of aliphatic hydroxyl groups is 1. The fourth-order valence-electron chi connectivity index (χ4n) is 1.75. The highest BCUT2D eigenvalue weighted by Gasteiger charge is 2.35. The number of hydrogen-bond donors (Lipinski definition) is 1. The van der Waals surface area contributed by atoms with Crippen LogP contribution in [0.3, 0.4) is 0 Å². The standard InChI is InChI=1S/C10H15N3O.C2H6/c1-13-7-3-10(14,4-8-13)9-11-5-2-6-12-9;1-2/h2,5-6,14H,3-4,7-8H2,1H3;1-2H3. The molecule has 0 radical (unpaired) electrons. The van der Waals surface area contributed by atoms with Gasteiger partial charge in [0.1, 0.15) is 5.60 Å². The van der Waals surface area contributed by atoms with Gasteiger partial charge in [-0.05, 0) is 26.0 Å². The number of likely N-dealkylation sites (tertiary alicyclic amines) is 1. The molecule has 0 unspecified atom stereocenters. The van der Waals surface area contributed by atoms with Gasteiger partial charge in [-0.25, -0.2) is 9.97 Å². The number of hydrogen-bond acceptors (Lipinski definition) is 4. The van der Waals surface area contributed by atoms with E-state index in [1.165, 1.54) is 0 Å². The molecule has 1 fully saturated rings. The van der Waals surface area contributed by atoms with E-state index in [2.05, 4.69) is 21.9 Å². The highest BCUT2D eigenvalue weighted by Crippen LogP contribution is 2.29. The van der Waals surface area contributed by atoms with Gasteiger partial charge in [-0.3, -0.25) is 0 Å². The van der Waals surface area contributed by atoms with Gasteiger partial charge in [0.2, 0.25) is 0 Å². The fraction of sp³-hybridized carbons (Fsp3) is 0.667. The molecule has 90 valence electrons. The van der Waals surface area contributed by atoms with Gasteiger partial charge in [0.05, 0.1) is 0 Å². The van der Waals surface area contributed by atoms with Gasteiger partial charge >= 0.3 is 0 Å². The number of piperidine rings is 1. The van der Waals surface area contributed by atoms with Crippen LogP contribution in [0.5, 0.6) is 0 Å². The molecule has 1 N–H and O–H groups in total. The van der Waals surface area contributed by atoms with Crippen LogP contribution >= 0.6 is 0 Å². The summed E-state index contributed by atoms with van der Waals surface area (Å²) >= 11 is 0. The molecule has 0 atom stereocenters. The monoisotopic (exact) mass is 223 g/mol. The van der Waals surface area contributed by atoms with Gasteiger partial charge in [-0.1, -0.05) is 13.8 Å². The highest BCUT2D eigenvalue weighted by atomic mass is 16.3. The van der Waals surface area contributed by atoms with Gasteiger partial charge in [0.25, 0.3) is 0 Å². The molecule has 1 aromatic rings. The SMILES string of the molecule is CC.CN1CCC(O)(c2ncccn2)CC1. The second kappa shape index (κ2) is 5.92. The molecule has 4 nitrogen and oxygen atoms in total. The quantitative estimate of drug-likeness (QED) is 0.782. The Morgan fingerprint density at radius 1 is 1.19 bits per heavy atom. The zero-order valence-electron chi connectivity index (χ0n) is 10.3. The lowest BCUT2D eigenvalue weighted by atomic mass is 9.91. The second-order valence-electron chi connectivity index (χ2n) is 3.91. The van der Waals surface area contributed by atoms with Crippen LogP contribution in [0, 0.1) is 0 Å². The normalized spacial score (nSPS) is 19.8. The molecular weight excluding hydrogens is 202 g/mol. The Hall–Kier alpha value is -1.00. The predicted molar refractivity (Wildman–Crippen MR) is 64.0 cm³/mol. The molecule has 1 aliphatic rings. The molecule has 0 bridgehead atoms. The van der Waals surface area contributed by atoms with Gasteiger partial charge in [0.15, 0.2) is 5.82 Å². The van der Waals surface area contributed by atoms with E-state index in [0.29, 0.717) is 18.7 Å². The minimum absolute atomic E-state index is 0.563. The molecule has 0 saturated carbocycles. The summed E-state index contributed by atoms with van der Waals surface area (Å²) in [6, 6.07) is 1.77. The zero-order chi connectivity index (χ0) is 12.0. The molecule has 2 rings (SSSR count). The van der Waals surface area contributed by atoms with Crippen LogP contribution in [0.25, 0.3) is 0 Å². The third-order valence-corrected chi connectivity index (χ3v) is 2.80. The summed E-state index contributed by atoms with van der Waals surface area (Å²) in [7, 11) is 2.06. The Balaban J connectivity index is 0.000000606. The lowest BCUT2D eigenvalue weighted by molar-refractivity contribution is -0.0277. The van der Waals surface area contributed by atoms with Crippen molar-refractivity contribution in [1.82, 2.24) is 14.9 Å². The summed E-state index contributed by atoms with van der Waals surface area (Å²) in [5, 5.41) is 10.3. The maximum atomic E-state index is 10.3. The summed E-state index contributed by atoms with van der Waals surface area (Å²) in [6.45, 7) is 5.80. The van der Waals surface area contributed by atoms with Crippen molar-refractivity contribution < 1.29 is 5.11 Å². The molecule has 0 amide bonds. The molecule has 1 aliphatic heterocycles. The maximum Gasteiger partial charge on any atom is 0.160 e. The van der Waals surface area contributed by atoms with Crippen LogP contribution in [0.2, 0.25) is 0 Å². The Kier molecular flexibility index (Phi) is 4.83. The van der Waals surface area contributed by atoms with Crippen LogP contribution in [0.15, 0.2) is 18.5 Å². The van der Waals surface area contributed by atoms with Crippen LogP contribution < -0.4 is 0 Å². The molecule has 0 aromatic carbocycles. The third kappa shape index (κ3) is 3.00. The zero-order valence-corrected chi connectivity index (χ0v) is 10.3. The summed E-state index contributed by atoms with van der Waals surface area (Å²) in [4.78, 5) is 10.4. The Labute approximate surface area is 97.3 Å². The van der Waals surface area contributed by atoms with Crippen LogP contribution in [-0.2, 0) is 5.60 Å². The summed E-state index contributed by atoms with van der Waals surface area (Å²) in [6.07, 6.45) is 4.79. The molecular formula is C12H21N3O. The molecule has 1 saturated heterocycles. The fourth-order valence-corrected chi connectivity index (χ4v) is 1.75. The first-order valence-electron chi connectivity index (χ1n) is 5.89. The smallest absolute Gasteiger partial charge is 0.160 e. The average molecular weight is 223 g/mol. The third-order valence-electron chi connectivity index (χ3n) is 2.80. The van der Waals surface area contributed by atoms with E-state index in [-0.39, 0.29) is 0 Å². The largest absolute Gasteiger partial charge is 0.382 e. The van der Waals surface area contributed by atoms with Crippen molar-refractivity contribution in [3.63, 3.8) is 0 Å². The van der Waals surface area contributed by atoms with Crippen LogP contribution in [0.1, 0.15) is 32.5 Å². The topological polar surface area (TPSA) is 49.2 Å². The van der Waals surface area contributed by atoms with E-state index in [1.54, 1.807) is 18.5 Å².